The van der Waals surface area contributed by atoms with Crippen molar-refractivity contribution in [2.45, 2.75) is 64.9 Å². The molecule has 0 aromatic carbocycles. The van der Waals surface area contributed by atoms with Gasteiger partial charge >= 0.3 is 5.97 Å². The largest absolute Gasteiger partial charge is 0.459 e. The van der Waals surface area contributed by atoms with Crippen LogP contribution >= 0.6 is 0 Å². The number of carbonyl (C=O) groups excluding carboxylic acids is 2. The average molecular weight is 296 g/mol. The Hall–Kier alpha value is -1.10. The smallest absolute Gasteiger partial charge is 0.322 e. The number of hydrogen-bond acceptors (Lipinski definition) is 4. The highest BCUT2D eigenvalue weighted by molar-refractivity contribution is 6.02. The minimum atomic E-state index is -1.12. The molecule has 2 aliphatic rings. The molecule has 2 fully saturated rings. The normalized spacial score (nSPS) is 24.5. The number of rotatable bonds is 2. The summed E-state index contributed by atoms with van der Waals surface area (Å²) in [7, 11) is 0. The summed E-state index contributed by atoms with van der Waals surface area (Å²) in [4.78, 5) is 24.5. The van der Waals surface area contributed by atoms with Crippen LogP contribution in [0.25, 0.3) is 0 Å². The summed E-state index contributed by atoms with van der Waals surface area (Å²) in [5.74, 6) is -0.966. The molecule has 0 aromatic heterocycles. The number of primary amides is 1. The van der Waals surface area contributed by atoms with Crippen molar-refractivity contribution in [3.05, 3.63) is 0 Å². The molecule has 0 radical (unpaired) electrons. The standard InChI is InChI=1S/C16H28N2O3/c1-14(2,3)21-13(20)16(12(17)19)6-4-15(5-7-16)8-10-18-11-9-15/h18H,4-11H2,1-3H3,(H2,17,19). The first-order valence-corrected chi connectivity index (χ1v) is 7.93. The molecule has 1 amide bonds. The Morgan fingerprint density at radius 2 is 1.52 bits per heavy atom. The van der Waals surface area contributed by atoms with Crippen LogP contribution in [0.3, 0.4) is 0 Å². The Morgan fingerprint density at radius 3 is 1.95 bits per heavy atom. The molecule has 1 saturated heterocycles. The Kier molecular flexibility index (Phi) is 4.34. The molecule has 5 heteroatoms. The van der Waals surface area contributed by atoms with E-state index in [4.69, 9.17) is 10.5 Å². The molecule has 1 saturated carbocycles. The van der Waals surface area contributed by atoms with Crippen LogP contribution in [0.1, 0.15) is 59.3 Å². The van der Waals surface area contributed by atoms with Crippen LogP contribution < -0.4 is 11.1 Å². The minimum absolute atomic E-state index is 0.284. The zero-order valence-electron chi connectivity index (χ0n) is 13.5. The van der Waals surface area contributed by atoms with E-state index >= 15 is 0 Å². The number of ether oxygens (including phenoxy) is 1. The number of hydrogen-bond donors (Lipinski definition) is 2. The highest BCUT2D eigenvalue weighted by Crippen LogP contribution is 2.50. The van der Waals surface area contributed by atoms with Crippen LogP contribution in [-0.4, -0.2) is 30.6 Å². The van der Waals surface area contributed by atoms with E-state index in [1.165, 1.54) is 0 Å². The van der Waals surface area contributed by atoms with Gasteiger partial charge in [0.2, 0.25) is 5.91 Å². The van der Waals surface area contributed by atoms with Gasteiger partial charge in [-0.2, -0.15) is 0 Å². The van der Waals surface area contributed by atoms with Gasteiger partial charge in [-0.3, -0.25) is 9.59 Å². The molecule has 1 aliphatic carbocycles. The fourth-order valence-electron chi connectivity index (χ4n) is 3.59. The number of nitrogens with two attached hydrogens (primary N) is 1. The molecule has 3 N–H and O–H groups in total. The van der Waals surface area contributed by atoms with Gasteiger partial charge in [-0.1, -0.05) is 0 Å². The van der Waals surface area contributed by atoms with Gasteiger partial charge < -0.3 is 15.8 Å². The van der Waals surface area contributed by atoms with Gasteiger partial charge in [0.25, 0.3) is 0 Å². The third kappa shape index (κ3) is 3.39. The van der Waals surface area contributed by atoms with E-state index in [1.807, 2.05) is 20.8 Å². The summed E-state index contributed by atoms with van der Waals surface area (Å²) < 4.78 is 5.47. The van der Waals surface area contributed by atoms with Crippen molar-refractivity contribution in [3.63, 3.8) is 0 Å². The van der Waals surface area contributed by atoms with E-state index in [0.717, 1.165) is 38.8 Å². The first kappa shape index (κ1) is 16.3. The van der Waals surface area contributed by atoms with Gasteiger partial charge in [-0.15, -0.1) is 0 Å². The monoisotopic (exact) mass is 296 g/mol. The van der Waals surface area contributed by atoms with Gasteiger partial charge in [-0.05, 0) is 77.8 Å². The van der Waals surface area contributed by atoms with E-state index in [9.17, 15) is 9.59 Å². The molecule has 0 aromatic rings. The van der Waals surface area contributed by atoms with Crippen LogP contribution in [-0.2, 0) is 14.3 Å². The lowest BCUT2D eigenvalue weighted by molar-refractivity contribution is -0.174. The topological polar surface area (TPSA) is 81.4 Å². The van der Waals surface area contributed by atoms with Crippen LogP contribution in [0.2, 0.25) is 0 Å². The van der Waals surface area contributed by atoms with Crippen molar-refractivity contribution >= 4 is 11.9 Å². The SMILES string of the molecule is CC(C)(C)OC(=O)C1(C(N)=O)CCC2(CCNCC2)CC1. The first-order valence-electron chi connectivity index (χ1n) is 7.93. The van der Waals surface area contributed by atoms with Crippen molar-refractivity contribution in [1.82, 2.24) is 5.32 Å². The first-order chi connectivity index (χ1) is 9.69. The Bertz CT molecular complexity index is 410. The van der Waals surface area contributed by atoms with Crippen molar-refractivity contribution in [1.29, 1.82) is 0 Å². The van der Waals surface area contributed by atoms with Crippen LogP contribution in [0.15, 0.2) is 0 Å². The zero-order chi connectivity index (χ0) is 15.7. The second-order valence-electron chi connectivity index (χ2n) is 7.70. The van der Waals surface area contributed by atoms with E-state index in [2.05, 4.69) is 5.32 Å². The van der Waals surface area contributed by atoms with E-state index < -0.39 is 22.9 Å². The Labute approximate surface area is 127 Å². The number of esters is 1. The van der Waals surface area contributed by atoms with Gasteiger partial charge in [0.1, 0.15) is 11.0 Å². The van der Waals surface area contributed by atoms with Gasteiger partial charge in [0, 0.05) is 0 Å². The molecule has 1 aliphatic heterocycles. The lowest BCUT2D eigenvalue weighted by Gasteiger charge is -2.46. The Balaban J connectivity index is 2.11. The molecule has 2 rings (SSSR count). The summed E-state index contributed by atoms with van der Waals surface area (Å²) in [6.07, 6.45) is 5.06. The lowest BCUT2D eigenvalue weighted by Crippen LogP contribution is -2.52. The third-order valence-electron chi connectivity index (χ3n) is 5.09. The molecule has 0 atom stereocenters. The highest BCUT2D eigenvalue weighted by atomic mass is 16.6. The predicted octanol–water partition coefficient (Wildman–Crippen LogP) is 1.74. The number of carbonyl (C=O) groups is 2. The Morgan fingerprint density at radius 1 is 1.00 bits per heavy atom. The molecule has 21 heavy (non-hydrogen) atoms. The second kappa shape index (κ2) is 5.59. The summed E-state index contributed by atoms with van der Waals surface area (Å²) in [6, 6.07) is 0. The van der Waals surface area contributed by atoms with Crippen LogP contribution in [0.5, 0.6) is 0 Å². The third-order valence-corrected chi connectivity index (χ3v) is 5.09. The predicted molar refractivity (Wildman–Crippen MR) is 80.5 cm³/mol. The fraction of sp³-hybridized carbons (Fsp3) is 0.875. The summed E-state index contributed by atoms with van der Waals surface area (Å²) in [5, 5.41) is 3.37. The number of nitrogens with one attached hydrogen (secondary N) is 1. The van der Waals surface area contributed by atoms with Crippen molar-refractivity contribution < 1.29 is 14.3 Å². The number of amides is 1. The number of piperidine rings is 1. The second-order valence-corrected chi connectivity index (χ2v) is 7.70. The van der Waals surface area contributed by atoms with Gasteiger partial charge in [0.15, 0.2) is 0 Å². The maximum Gasteiger partial charge on any atom is 0.322 e. The fourth-order valence-corrected chi connectivity index (χ4v) is 3.59. The van der Waals surface area contributed by atoms with Gasteiger partial charge in [-0.25, -0.2) is 0 Å². The van der Waals surface area contributed by atoms with Crippen molar-refractivity contribution in [2.75, 3.05) is 13.1 Å². The van der Waals surface area contributed by atoms with Crippen molar-refractivity contribution in [3.8, 4) is 0 Å². The quantitative estimate of drug-likeness (QED) is 0.601. The van der Waals surface area contributed by atoms with Gasteiger partial charge in [0.05, 0.1) is 0 Å². The van der Waals surface area contributed by atoms with E-state index in [1.54, 1.807) is 0 Å². The van der Waals surface area contributed by atoms with E-state index in [0.29, 0.717) is 12.8 Å². The average Bonchev–Trinajstić information content (AvgIpc) is 2.38. The summed E-state index contributed by atoms with van der Waals surface area (Å²) >= 11 is 0. The zero-order valence-corrected chi connectivity index (χ0v) is 13.5. The molecule has 5 nitrogen and oxygen atoms in total. The maximum atomic E-state index is 12.5. The summed E-state index contributed by atoms with van der Waals surface area (Å²) in [5.41, 5.74) is 4.16. The molecule has 0 bridgehead atoms. The summed E-state index contributed by atoms with van der Waals surface area (Å²) in [6.45, 7) is 7.50. The molecule has 0 unspecified atom stereocenters. The molecule has 120 valence electrons. The molecule has 1 spiro atoms. The van der Waals surface area contributed by atoms with E-state index in [-0.39, 0.29) is 5.41 Å². The van der Waals surface area contributed by atoms with Crippen molar-refractivity contribution in [2.24, 2.45) is 16.6 Å². The molecular formula is C16H28N2O3. The van der Waals surface area contributed by atoms with Crippen LogP contribution in [0, 0.1) is 10.8 Å². The molecule has 1 heterocycles. The maximum absolute atomic E-state index is 12.5. The highest BCUT2D eigenvalue weighted by Gasteiger charge is 2.52. The van der Waals surface area contributed by atoms with Crippen LogP contribution in [0.4, 0.5) is 0 Å². The molecular weight excluding hydrogens is 268 g/mol. The minimum Gasteiger partial charge on any atom is -0.459 e. The lowest BCUT2D eigenvalue weighted by atomic mass is 9.60.